The van der Waals surface area contributed by atoms with Crippen LogP contribution >= 0.6 is 0 Å². The first-order chi connectivity index (χ1) is 9.56. The first-order valence-electron chi connectivity index (χ1n) is 7.23. The molecule has 3 nitrogen and oxygen atoms in total. The van der Waals surface area contributed by atoms with Crippen LogP contribution in [0.1, 0.15) is 37.8 Å². The van der Waals surface area contributed by atoms with Crippen molar-refractivity contribution in [2.75, 3.05) is 13.2 Å². The van der Waals surface area contributed by atoms with Crippen LogP contribution in [0.3, 0.4) is 0 Å². The van der Waals surface area contributed by atoms with Crippen molar-refractivity contribution in [3.05, 3.63) is 41.5 Å². The molecule has 0 aliphatic rings. The second-order valence-electron chi connectivity index (χ2n) is 5.25. The van der Waals surface area contributed by atoms with Gasteiger partial charge in [0.25, 0.3) is 0 Å². The quantitative estimate of drug-likeness (QED) is 0.752. The Morgan fingerprint density at radius 1 is 1.35 bits per heavy atom. The van der Waals surface area contributed by atoms with Gasteiger partial charge in [0.05, 0.1) is 0 Å². The van der Waals surface area contributed by atoms with Crippen molar-refractivity contribution < 1.29 is 9.90 Å². The maximum absolute atomic E-state index is 11.9. The van der Waals surface area contributed by atoms with Crippen LogP contribution in [0, 0.1) is 12.8 Å². The fraction of sp³-hybridized carbons (Fsp3) is 0.471. The lowest BCUT2D eigenvalue weighted by Crippen LogP contribution is -2.27. The molecule has 0 saturated heterocycles. The zero-order valence-electron chi connectivity index (χ0n) is 12.6. The van der Waals surface area contributed by atoms with Gasteiger partial charge in [-0.2, -0.15) is 0 Å². The highest BCUT2D eigenvalue weighted by Crippen LogP contribution is 2.18. The van der Waals surface area contributed by atoms with Gasteiger partial charge in [0.15, 0.2) is 0 Å². The van der Waals surface area contributed by atoms with Crippen molar-refractivity contribution >= 4 is 11.5 Å². The van der Waals surface area contributed by atoms with Crippen LogP contribution in [0.25, 0.3) is 5.57 Å². The number of aliphatic hydroxyl groups is 1. The van der Waals surface area contributed by atoms with E-state index in [9.17, 15) is 4.79 Å². The van der Waals surface area contributed by atoms with Gasteiger partial charge in [-0.3, -0.25) is 4.79 Å². The van der Waals surface area contributed by atoms with Crippen molar-refractivity contribution in [1.82, 2.24) is 5.32 Å². The Kier molecular flexibility index (Phi) is 7.02. The molecule has 1 aromatic rings. The zero-order chi connectivity index (χ0) is 15.0. The fourth-order valence-corrected chi connectivity index (χ4v) is 1.96. The van der Waals surface area contributed by atoms with E-state index in [-0.39, 0.29) is 12.5 Å². The predicted molar refractivity (Wildman–Crippen MR) is 83.3 cm³/mol. The predicted octanol–water partition coefficient (Wildman–Crippen LogP) is 2.92. The van der Waals surface area contributed by atoms with Gasteiger partial charge in [-0.1, -0.05) is 43.7 Å². The topological polar surface area (TPSA) is 49.3 Å². The Balaban J connectivity index is 2.64. The highest BCUT2D eigenvalue weighted by Gasteiger charge is 2.05. The first kappa shape index (κ1) is 16.4. The summed E-state index contributed by atoms with van der Waals surface area (Å²) in [4.78, 5) is 11.9. The monoisotopic (exact) mass is 275 g/mol. The van der Waals surface area contributed by atoms with Crippen LogP contribution < -0.4 is 5.32 Å². The van der Waals surface area contributed by atoms with Crippen molar-refractivity contribution in [1.29, 1.82) is 0 Å². The SMILES string of the molecule is CC/C(=C/C(=O)NCC(C)CCO)c1ccc(C)cc1. The lowest BCUT2D eigenvalue weighted by Gasteiger charge is -2.11. The zero-order valence-corrected chi connectivity index (χ0v) is 12.6. The smallest absolute Gasteiger partial charge is 0.244 e. The van der Waals surface area contributed by atoms with Gasteiger partial charge < -0.3 is 10.4 Å². The summed E-state index contributed by atoms with van der Waals surface area (Å²) in [5, 5.41) is 11.7. The number of aryl methyl sites for hydroxylation is 1. The van der Waals surface area contributed by atoms with Crippen molar-refractivity contribution in [2.45, 2.75) is 33.6 Å². The summed E-state index contributed by atoms with van der Waals surface area (Å²) in [6.45, 7) is 6.87. The van der Waals surface area contributed by atoms with Crippen molar-refractivity contribution in [2.24, 2.45) is 5.92 Å². The number of allylic oxidation sites excluding steroid dienone is 1. The lowest BCUT2D eigenvalue weighted by molar-refractivity contribution is -0.116. The number of aliphatic hydroxyl groups excluding tert-OH is 1. The van der Waals surface area contributed by atoms with Crippen LogP contribution in [-0.4, -0.2) is 24.2 Å². The molecule has 20 heavy (non-hydrogen) atoms. The summed E-state index contributed by atoms with van der Waals surface area (Å²) in [5.74, 6) is 0.231. The molecule has 1 aromatic carbocycles. The molecule has 0 radical (unpaired) electrons. The number of hydrogen-bond acceptors (Lipinski definition) is 2. The second-order valence-corrected chi connectivity index (χ2v) is 5.25. The van der Waals surface area contributed by atoms with E-state index < -0.39 is 0 Å². The molecule has 1 atom stereocenters. The number of amides is 1. The van der Waals surface area contributed by atoms with Crippen LogP contribution in [-0.2, 0) is 4.79 Å². The Hall–Kier alpha value is -1.61. The van der Waals surface area contributed by atoms with E-state index in [0.29, 0.717) is 18.9 Å². The lowest BCUT2D eigenvalue weighted by atomic mass is 10.0. The molecular formula is C17H25NO2. The average molecular weight is 275 g/mol. The maximum atomic E-state index is 11.9. The third kappa shape index (κ3) is 5.57. The van der Waals surface area contributed by atoms with Crippen LogP contribution in [0.5, 0.6) is 0 Å². The van der Waals surface area contributed by atoms with E-state index >= 15 is 0 Å². The molecule has 2 N–H and O–H groups in total. The summed E-state index contributed by atoms with van der Waals surface area (Å²) >= 11 is 0. The minimum Gasteiger partial charge on any atom is -0.396 e. The van der Waals surface area contributed by atoms with Gasteiger partial charge in [-0.25, -0.2) is 0 Å². The van der Waals surface area contributed by atoms with Crippen LogP contribution in [0.15, 0.2) is 30.3 Å². The van der Waals surface area contributed by atoms with Crippen LogP contribution in [0.2, 0.25) is 0 Å². The second kappa shape index (κ2) is 8.54. The van der Waals surface area contributed by atoms with E-state index in [1.165, 1.54) is 5.56 Å². The van der Waals surface area contributed by atoms with Gasteiger partial charge in [0, 0.05) is 19.2 Å². The number of nitrogens with one attached hydrogen (secondary N) is 1. The molecule has 0 aliphatic heterocycles. The highest BCUT2D eigenvalue weighted by atomic mass is 16.3. The Labute approximate surface area is 121 Å². The first-order valence-corrected chi connectivity index (χ1v) is 7.23. The van der Waals surface area contributed by atoms with Gasteiger partial charge in [0.1, 0.15) is 0 Å². The van der Waals surface area contributed by atoms with E-state index in [1.54, 1.807) is 6.08 Å². The minimum absolute atomic E-state index is 0.0628. The van der Waals surface area contributed by atoms with Crippen molar-refractivity contribution in [3.63, 3.8) is 0 Å². The molecular weight excluding hydrogens is 250 g/mol. The Morgan fingerprint density at radius 3 is 2.55 bits per heavy atom. The average Bonchev–Trinajstić information content (AvgIpc) is 2.44. The standard InChI is InChI=1S/C17H25NO2/c1-4-15(16-7-5-13(2)6-8-16)11-17(20)18-12-14(3)9-10-19/h5-8,11,14,19H,4,9-10,12H2,1-3H3,(H,18,20)/b15-11-. The van der Waals surface area contributed by atoms with Gasteiger partial charge >= 0.3 is 0 Å². The number of carbonyl (C=O) groups is 1. The summed E-state index contributed by atoms with van der Waals surface area (Å²) < 4.78 is 0. The third-order valence-corrected chi connectivity index (χ3v) is 3.36. The number of hydrogen-bond donors (Lipinski definition) is 2. The molecule has 0 spiro atoms. The van der Waals surface area contributed by atoms with Gasteiger partial charge in [0.2, 0.25) is 5.91 Å². The molecule has 0 bridgehead atoms. The van der Waals surface area contributed by atoms with Crippen LogP contribution in [0.4, 0.5) is 0 Å². The van der Waals surface area contributed by atoms with Crippen molar-refractivity contribution in [3.8, 4) is 0 Å². The molecule has 1 rings (SSSR count). The summed E-state index contributed by atoms with van der Waals surface area (Å²) in [6, 6.07) is 8.21. The largest absolute Gasteiger partial charge is 0.396 e. The molecule has 0 aromatic heterocycles. The maximum Gasteiger partial charge on any atom is 0.244 e. The molecule has 0 fully saturated rings. The molecule has 0 heterocycles. The Morgan fingerprint density at radius 2 is 2.00 bits per heavy atom. The minimum atomic E-state index is -0.0628. The molecule has 1 amide bonds. The molecule has 110 valence electrons. The number of carbonyl (C=O) groups excluding carboxylic acids is 1. The molecule has 1 unspecified atom stereocenters. The van der Waals surface area contributed by atoms with Gasteiger partial charge in [-0.05, 0) is 36.8 Å². The normalized spacial score (nSPS) is 13.1. The summed E-state index contributed by atoms with van der Waals surface area (Å²) in [6.07, 6.45) is 3.21. The molecule has 0 saturated carbocycles. The van der Waals surface area contributed by atoms with E-state index in [1.807, 2.05) is 32.9 Å². The fourth-order valence-electron chi connectivity index (χ4n) is 1.96. The molecule has 3 heteroatoms. The number of rotatable bonds is 7. The highest BCUT2D eigenvalue weighted by molar-refractivity contribution is 5.95. The summed E-state index contributed by atoms with van der Waals surface area (Å²) in [5.41, 5.74) is 3.35. The van der Waals surface area contributed by atoms with Gasteiger partial charge in [-0.15, -0.1) is 0 Å². The Bertz CT molecular complexity index is 449. The van der Waals surface area contributed by atoms with E-state index in [0.717, 1.165) is 17.6 Å². The summed E-state index contributed by atoms with van der Waals surface area (Å²) in [7, 11) is 0. The molecule has 0 aliphatic carbocycles. The number of benzene rings is 1. The van der Waals surface area contributed by atoms with E-state index in [4.69, 9.17) is 5.11 Å². The third-order valence-electron chi connectivity index (χ3n) is 3.36. The van der Waals surface area contributed by atoms with E-state index in [2.05, 4.69) is 17.4 Å².